The Labute approximate surface area is 144 Å². The van der Waals surface area contributed by atoms with E-state index in [4.69, 9.17) is 21.1 Å². The summed E-state index contributed by atoms with van der Waals surface area (Å²) < 4.78 is 10.4. The van der Waals surface area contributed by atoms with Crippen LogP contribution in [0.15, 0.2) is 41.5 Å². The number of hydrazone groups is 1. The molecule has 0 fully saturated rings. The number of carbonyl (C=O) groups excluding carboxylic acids is 1. The van der Waals surface area contributed by atoms with Crippen molar-refractivity contribution in [1.82, 2.24) is 5.43 Å². The molecule has 0 aromatic heterocycles. The number of aryl methyl sites for hydroxylation is 1. The molecular weight excluding hydrogens is 332 g/mol. The predicted octanol–water partition coefficient (Wildman–Crippen LogP) is 2.89. The lowest BCUT2D eigenvalue weighted by atomic mass is 10.2. The van der Waals surface area contributed by atoms with Gasteiger partial charge in [-0.2, -0.15) is 5.10 Å². The summed E-state index contributed by atoms with van der Waals surface area (Å²) in [5, 5.41) is 13.6. The molecule has 0 spiro atoms. The number of amides is 1. The molecule has 24 heavy (non-hydrogen) atoms. The zero-order chi connectivity index (χ0) is 17.5. The minimum atomic E-state index is -0.399. The highest BCUT2D eigenvalue weighted by molar-refractivity contribution is 6.32. The third-order valence-corrected chi connectivity index (χ3v) is 3.32. The molecule has 7 heteroatoms. The molecule has 6 nitrogen and oxygen atoms in total. The van der Waals surface area contributed by atoms with E-state index in [9.17, 15) is 9.90 Å². The van der Waals surface area contributed by atoms with E-state index in [1.54, 1.807) is 12.1 Å². The van der Waals surface area contributed by atoms with Crippen LogP contribution < -0.4 is 14.9 Å². The number of nitrogens with zero attached hydrogens (tertiary/aromatic N) is 1. The quantitative estimate of drug-likeness (QED) is 0.621. The first kappa shape index (κ1) is 17.6. The number of hydrogen-bond acceptors (Lipinski definition) is 5. The number of phenolic OH excluding ortho intramolecular Hbond substituents is 1. The van der Waals surface area contributed by atoms with Gasteiger partial charge in [0.15, 0.2) is 18.1 Å². The first-order valence-electron chi connectivity index (χ1n) is 7.07. The maximum Gasteiger partial charge on any atom is 0.277 e. The number of halogens is 1. The van der Waals surface area contributed by atoms with Crippen LogP contribution in [0, 0.1) is 6.92 Å². The van der Waals surface area contributed by atoms with Crippen molar-refractivity contribution in [3.8, 4) is 17.2 Å². The molecule has 2 aromatic carbocycles. The Bertz CT molecular complexity index is 762. The fraction of sp³-hybridized carbons (Fsp3) is 0.176. The van der Waals surface area contributed by atoms with Crippen LogP contribution in [-0.4, -0.2) is 30.9 Å². The lowest BCUT2D eigenvalue weighted by Gasteiger charge is -2.06. The first-order chi connectivity index (χ1) is 11.5. The molecule has 2 aromatic rings. The molecule has 0 saturated heterocycles. The summed E-state index contributed by atoms with van der Waals surface area (Å²) in [5.41, 5.74) is 3.96. The van der Waals surface area contributed by atoms with Gasteiger partial charge in [0.25, 0.3) is 5.91 Å². The Morgan fingerprint density at radius 2 is 2.17 bits per heavy atom. The Morgan fingerprint density at radius 1 is 1.38 bits per heavy atom. The van der Waals surface area contributed by atoms with Crippen LogP contribution in [0.5, 0.6) is 17.2 Å². The van der Waals surface area contributed by atoms with E-state index in [-0.39, 0.29) is 23.1 Å². The van der Waals surface area contributed by atoms with Gasteiger partial charge in [0, 0.05) is 0 Å². The molecule has 2 rings (SSSR count). The second-order valence-electron chi connectivity index (χ2n) is 4.95. The zero-order valence-corrected chi connectivity index (χ0v) is 14.0. The monoisotopic (exact) mass is 348 g/mol. The zero-order valence-electron chi connectivity index (χ0n) is 13.2. The molecule has 0 aliphatic heterocycles. The number of benzene rings is 2. The average Bonchev–Trinajstić information content (AvgIpc) is 2.56. The lowest BCUT2D eigenvalue weighted by Crippen LogP contribution is -2.24. The summed E-state index contributed by atoms with van der Waals surface area (Å²) in [6, 6.07) is 10.4. The van der Waals surface area contributed by atoms with Crippen LogP contribution in [0.2, 0.25) is 5.02 Å². The van der Waals surface area contributed by atoms with Gasteiger partial charge in [-0.3, -0.25) is 4.79 Å². The molecule has 0 aliphatic rings. The maximum absolute atomic E-state index is 11.7. The van der Waals surface area contributed by atoms with Crippen molar-refractivity contribution in [3.63, 3.8) is 0 Å². The topological polar surface area (TPSA) is 80.2 Å². The molecule has 0 aliphatic carbocycles. The highest BCUT2D eigenvalue weighted by Crippen LogP contribution is 2.34. The highest BCUT2D eigenvalue weighted by Gasteiger charge is 2.08. The summed E-state index contributed by atoms with van der Waals surface area (Å²) >= 11 is 5.87. The molecule has 1 amide bonds. The van der Waals surface area contributed by atoms with Gasteiger partial charge >= 0.3 is 0 Å². The lowest BCUT2D eigenvalue weighted by molar-refractivity contribution is -0.123. The molecule has 0 bridgehead atoms. The smallest absolute Gasteiger partial charge is 0.277 e. The fourth-order valence-corrected chi connectivity index (χ4v) is 2.11. The molecule has 2 N–H and O–H groups in total. The van der Waals surface area contributed by atoms with E-state index in [0.717, 1.165) is 5.56 Å². The summed E-state index contributed by atoms with van der Waals surface area (Å²) in [6.45, 7) is 1.79. The number of nitrogens with one attached hydrogen (secondary N) is 1. The van der Waals surface area contributed by atoms with Gasteiger partial charge in [-0.1, -0.05) is 23.7 Å². The van der Waals surface area contributed by atoms with Gasteiger partial charge in [-0.25, -0.2) is 5.43 Å². The van der Waals surface area contributed by atoms with Crippen LogP contribution in [0.25, 0.3) is 0 Å². The average molecular weight is 349 g/mol. The Balaban J connectivity index is 1.89. The van der Waals surface area contributed by atoms with Crippen molar-refractivity contribution in [1.29, 1.82) is 0 Å². The first-order valence-corrected chi connectivity index (χ1v) is 7.45. The molecule has 126 valence electrons. The molecule has 0 atom stereocenters. The van der Waals surface area contributed by atoms with Crippen molar-refractivity contribution >= 4 is 23.7 Å². The van der Waals surface area contributed by atoms with Crippen LogP contribution in [0.1, 0.15) is 11.1 Å². The number of carbonyl (C=O) groups is 1. The standard InChI is InChI=1S/C17H17ClN2O4/c1-11-4-3-5-13(6-11)24-10-16(21)20-19-9-12-7-14(18)17(22)15(8-12)23-2/h3-9,22H,10H2,1-2H3,(H,20,21)/b19-9+. The number of aromatic hydroxyl groups is 1. The van der Waals surface area contributed by atoms with E-state index in [1.165, 1.54) is 19.4 Å². The minimum absolute atomic E-state index is 0.130. The Kier molecular flexibility index (Phi) is 6.03. The van der Waals surface area contributed by atoms with Gasteiger partial charge in [0.1, 0.15) is 5.75 Å². The van der Waals surface area contributed by atoms with Crippen molar-refractivity contribution in [2.24, 2.45) is 5.10 Å². The van der Waals surface area contributed by atoms with Crippen molar-refractivity contribution in [2.75, 3.05) is 13.7 Å². The minimum Gasteiger partial charge on any atom is -0.503 e. The molecule has 0 saturated carbocycles. The van der Waals surface area contributed by atoms with Crippen molar-refractivity contribution < 1.29 is 19.4 Å². The number of phenols is 1. The summed E-state index contributed by atoms with van der Waals surface area (Å²) in [5.74, 6) is 0.291. The molecule has 0 unspecified atom stereocenters. The van der Waals surface area contributed by atoms with E-state index in [1.807, 2.05) is 25.1 Å². The van der Waals surface area contributed by atoms with E-state index in [2.05, 4.69) is 10.5 Å². The third-order valence-electron chi connectivity index (χ3n) is 3.03. The van der Waals surface area contributed by atoms with E-state index in [0.29, 0.717) is 11.3 Å². The number of ether oxygens (including phenoxy) is 2. The van der Waals surface area contributed by atoms with Gasteiger partial charge in [-0.05, 0) is 42.3 Å². The van der Waals surface area contributed by atoms with E-state index < -0.39 is 5.91 Å². The van der Waals surface area contributed by atoms with Gasteiger partial charge in [0.05, 0.1) is 18.3 Å². The predicted molar refractivity (Wildman–Crippen MR) is 92.1 cm³/mol. The second-order valence-corrected chi connectivity index (χ2v) is 5.36. The third kappa shape index (κ3) is 4.89. The number of methoxy groups -OCH3 is 1. The molecule has 0 heterocycles. The maximum atomic E-state index is 11.7. The molecule has 0 radical (unpaired) electrons. The number of hydrogen-bond donors (Lipinski definition) is 2. The van der Waals surface area contributed by atoms with Crippen molar-refractivity contribution in [2.45, 2.75) is 6.92 Å². The highest BCUT2D eigenvalue weighted by atomic mass is 35.5. The van der Waals surface area contributed by atoms with Gasteiger partial charge in [0.2, 0.25) is 0 Å². The van der Waals surface area contributed by atoms with E-state index >= 15 is 0 Å². The van der Waals surface area contributed by atoms with Crippen LogP contribution >= 0.6 is 11.6 Å². The van der Waals surface area contributed by atoms with Gasteiger partial charge < -0.3 is 14.6 Å². The van der Waals surface area contributed by atoms with Gasteiger partial charge in [-0.15, -0.1) is 0 Å². The van der Waals surface area contributed by atoms with Crippen LogP contribution in [0.3, 0.4) is 0 Å². The number of rotatable bonds is 6. The van der Waals surface area contributed by atoms with Crippen LogP contribution in [0.4, 0.5) is 0 Å². The largest absolute Gasteiger partial charge is 0.503 e. The Hall–Kier alpha value is -2.73. The Morgan fingerprint density at radius 3 is 2.88 bits per heavy atom. The SMILES string of the molecule is COc1cc(/C=N/NC(=O)COc2cccc(C)c2)cc(Cl)c1O. The fourth-order valence-electron chi connectivity index (χ4n) is 1.89. The van der Waals surface area contributed by atoms with Crippen molar-refractivity contribution in [3.05, 3.63) is 52.5 Å². The molecular formula is C17H17ClN2O4. The summed E-state index contributed by atoms with van der Waals surface area (Å²) in [7, 11) is 1.41. The summed E-state index contributed by atoms with van der Waals surface area (Å²) in [6.07, 6.45) is 1.39. The summed E-state index contributed by atoms with van der Waals surface area (Å²) in [4.78, 5) is 11.7. The second kappa shape index (κ2) is 8.21. The normalized spacial score (nSPS) is 10.6. The van der Waals surface area contributed by atoms with Crippen LogP contribution in [-0.2, 0) is 4.79 Å².